The molecule has 2 aromatic rings. The van der Waals surface area contributed by atoms with Crippen LogP contribution in [0.4, 0.5) is 13.2 Å². The van der Waals surface area contributed by atoms with Gasteiger partial charge in [0.25, 0.3) is 0 Å². The third-order valence-corrected chi connectivity index (χ3v) is 4.37. The van der Waals surface area contributed by atoms with Crippen molar-refractivity contribution in [3.05, 3.63) is 51.8 Å². The molecule has 0 fully saturated rings. The van der Waals surface area contributed by atoms with Crippen molar-refractivity contribution < 1.29 is 36.9 Å². The monoisotopic (exact) mass is 478 g/mol. The average molecular weight is 479 g/mol. The van der Waals surface area contributed by atoms with Gasteiger partial charge in [-0.15, -0.1) is 0 Å². The van der Waals surface area contributed by atoms with E-state index in [1.165, 1.54) is 21.3 Å². The molecule has 0 aliphatic rings. The van der Waals surface area contributed by atoms with Crippen molar-refractivity contribution in [2.45, 2.75) is 25.0 Å². The van der Waals surface area contributed by atoms with Crippen LogP contribution in [0.2, 0.25) is 0 Å². The minimum atomic E-state index is -3.39. The first-order valence-corrected chi connectivity index (χ1v) is 8.96. The van der Waals surface area contributed by atoms with Crippen LogP contribution in [0.5, 0.6) is 6.01 Å². The number of ether oxygens (including phenoxy) is 4. The number of methoxy groups -OCH3 is 3. The summed E-state index contributed by atoms with van der Waals surface area (Å²) in [5, 5.41) is 0. The molecule has 7 nitrogen and oxygen atoms in total. The first-order chi connectivity index (χ1) is 13.8. The Morgan fingerprint density at radius 2 is 1.69 bits per heavy atom. The Morgan fingerprint density at radius 1 is 1.07 bits per heavy atom. The molecule has 0 saturated heterocycles. The molecule has 0 N–H and O–H groups in total. The fourth-order valence-corrected chi connectivity index (χ4v) is 2.80. The molecule has 0 aliphatic heterocycles. The number of carbonyl (C=O) groups is 1. The highest BCUT2D eigenvalue weighted by Crippen LogP contribution is 2.33. The molecule has 0 spiro atoms. The summed E-state index contributed by atoms with van der Waals surface area (Å²) in [6.45, 7) is 0. The van der Waals surface area contributed by atoms with Crippen LogP contribution in [-0.2, 0) is 19.0 Å². The minimum Gasteiger partial charge on any atom is -0.468 e. The lowest BCUT2D eigenvalue weighted by Crippen LogP contribution is -2.24. The lowest BCUT2D eigenvalue weighted by atomic mass is 9.92. The van der Waals surface area contributed by atoms with Crippen molar-refractivity contribution in [2.24, 2.45) is 0 Å². The van der Waals surface area contributed by atoms with Gasteiger partial charge in [-0.25, -0.2) is 13.8 Å². The number of rotatable bonds is 9. The quantitative estimate of drug-likeness (QED) is 0.400. The lowest BCUT2D eigenvalue weighted by Gasteiger charge is -2.22. The summed E-state index contributed by atoms with van der Waals surface area (Å²) < 4.78 is 58.9. The fraction of sp³-hybridized carbons (Fsp3) is 0.389. The van der Waals surface area contributed by atoms with Gasteiger partial charge in [0.2, 0.25) is 0 Å². The standard InChI is InChI=1S/C18H18BrF3N2O5/c1-26-16(25)12(9-4-6-10(19)7-5-9)13-11(17(27-2)28-3)8-23-18(24-13)29-15(22)14(20)21/h4-8,12,14-15,17H,1-3H3. The predicted octanol–water partition coefficient (Wildman–Crippen LogP) is 3.77. The van der Waals surface area contributed by atoms with Crippen molar-refractivity contribution in [3.63, 3.8) is 0 Å². The van der Waals surface area contributed by atoms with Gasteiger partial charge in [0, 0.05) is 30.5 Å². The molecule has 0 radical (unpaired) electrons. The summed E-state index contributed by atoms with van der Waals surface area (Å²) in [7, 11) is 3.89. The normalized spacial score (nSPS) is 13.4. The summed E-state index contributed by atoms with van der Waals surface area (Å²) in [5.74, 6) is -1.80. The highest BCUT2D eigenvalue weighted by molar-refractivity contribution is 9.10. The van der Waals surface area contributed by atoms with Gasteiger partial charge in [0.15, 0.2) is 6.29 Å². The molecule has 0 bridgehead atoms. The number of carbonyl (C=O) groups excluding carboxylic acids is 1. The molecular formula is C18H18BrF3N2O5. The van der Waals surface area contributed by atoms with Crippen LogP contribution in [0, 0.1) is 0 Å². The molecule has 0 saturated carbocycles. The van der Waals surface area contributed by atoms with Crippen LogP contribution in [0.15, 0.2) is 34.9 Å². The van der Waals surface area contributed by atoms with Gasteiger partial charge in [-0.3, -0.25) is 4.79 Å². The highest BCUT2D eigenvalue weighted by Gasteiger charge is 2.32. The van der Waals surface area contributed by atoms with Gasteiger partial charge in [0.05, 0.1) is 12.8 Å². The molecule has 2 atom stereocenters. The van der Waals surface area contributed by atoms with Gasteiger partial charge in [-0.1, -0.05) is 28.1 Å². The van der Waals surface area contributed by atoms with Gasteiger partial charge < -0.3 is 18.9 Å². The van der Waals surface area contributed by atoms with Crippen molar-refractivity contribution in [1.82, 2.24) is 9.97 Å². The number of halogens is 4. The van der Waals surface area contributed by atoms with Gasteiger partial charge >= 0.3 is 24.8 Å². The van der Waals surface area contributed by atoms with E-state index < -0.39 is 37.0 Å². The van der Waals surface area contributed by atoms with Gasteiger partial charge in [0.1, 0.15) is 5.92 Å². The molecule has 29 heavy (non-hydrogen) atoms. The second-order valence-corrected chi connectivity index (χ2v) is 6.52. The smallest absolute Gasteiger partial charge is 0.319 e. The van der Waals surface area contributed by atoms with E-state index in [1.807, 2.05) is 0 Å². The zero-order valence-electron chi connectivity index (χ0n) is 15.6. The molecule has 1 heterocycles. The highest BCUT2D eigenvalue weighted by atomic mass is 79.9. The van der Waals surface area contributed by atoms with Crippen LogP contribution in [0.1, 0.15) is 29.0 Å². The molecule has 2 rings (SSSR count). The Bertz CT molecular complexity index is 822. The zero-order valence-corrected chi connectivity index (χ0v) is 17.2. The van der Waals surface area contributed by atoms with E-state index >= 15 is 0 Å². The van der Waals surface area contributed by atoms with E-state index in [9.17, 15) is 18.0 Å². The number of esters is 1. The Hall–Kier alpha value is -2.24. The Balaban J connectivity index is 2.63. The Morgan fingerprint density at radius 3 is 2.21 bits per heavy atom. The summed E-state index contributed by atoms with van der Waals surface area (Å²) in [5.41, 5.74) is 0.690. The average Bonchev–Trinajstić information content (AvgIpc) is 2.71. The second-order valence-electron chi connectivity index (χ2n) is 5.61. The number of hydrogen-bond donors (Lipinski definition) is 0. The molecule has 1 aromatic heterocycles. The Labute approximate surface area is 173 Å². The van der Waals surface area contributed by atoms with Crippen molar-refractivity contribution in [1.29, 1.82) is 0 Å². The molecule has 0 aliphatic carbocycles. The zero-order chi connectivity index (χ0) is 21.6. The van der Waals surface area contributed by atoms with E-state index in [1.54, 1.807) is 24.3 Å². The number of hydrogen-bond acceptors (Lipinski definition) is 7. The van der Waals surface area contributed by atoms with Gasteiger partial charge in [-0.05, 0) is 17.7 Å². The number of aromatic nitrogens is 2. The molecule has 158 valence electrons. The molecule has 11 heteroatoms. The van der Waals surface area contributed by atoms with E-state index in [-0.39, 0.29) is 11.3 Å². The van der Waals surface area contributed by atoms with Crippen molar-refractivity contribution in [3.8, 4) is 6.01 Å². The third-order valence-electron chi connectivity index (χ3n) is 3.84. The maximum atomic E-state index is 13.3. The number of alkyl halides is 3. The topological polar surface area (TPSA) is 79.8 Å². The van der Waals surface area contributed by atoms with Crippen molar-refractivity contribution >= 4 is 21.9 Å². The molecule has 2 unspecified atom stereocenters. The van der Waals surface area contributed by atoms with Crippen LogP contribution in [0.25, 0.3) is 0 Å². The molecule has 0 amide bonds. The molecular weight excluding hydrogens is 461 g/mol. The Kier molecular flexibility index (Phi) is 8.35. The summed E-state index contributed by atoms with van der Waals surface area (Å²) >= 11 is 3.30. The maximum absolute atomic E-state index is 13.3. The van der Waals surface area contributed by atoms with E-state index in [0.717, 1.165) is 10.7 Å². The second kappa shape index (κ2) is 10.5. The van der Waals surface area contributed by atoms with Crippen LogP contribution in [-0.4, -0.2) is 50.0 Å². The van der Waals surface area contributed by atoms with E-state index in [0.29, 0.717) is 5.56 Å². The summed E-state index contributed by atoms with van der Waals surface area (Å²) in [4.78, 5) is 20.3. The van der Waals surface area contributed by atoms with Crippen molar-refractivity contribution in [2.75, 3.05) is 21.3 Å². The third kappa shape index (κ3) is 5.64. The SMILES string of the molecule is COC(=O)C(c1ccc(Br)cc1)c1nc(OC(F)C(F)F)ncc1C(OC)OC. The van der Waals surface area contributed by atoms with E-state index in [4.69, 9.17) is 14.2 Å². The minimum absolute atomic E-state index is 0.000612. The van der Waals surface area contributed by atoms with Crippen LogP contribution in [0.3, 0.4) is 0 Å². The number of benzene rings is 1. The largest absolute Gasteiger partial charge is 0.468 e. The fourth-order valence-electron chi connectivity index (χ4n) is 2.54. The van der Waals surface area contributed by atoms with E-state index in [2.05, 4.69) is 30.6 Å². The summed E-state index contributed by atoms with van der Waals surface area (Å²) in [6, 6.07) is 6.01. The molecule has 1 aromatic carbocycles. The lowest BCUT2D eigenvalue weighted by molar-refractivity contribution is -0.141. The maximum Gasteiger partial charge on any atom is 0.319 e. The first-order valence-electron chi connectivity index (χ1n) is 8.16. The van der Waals surface area contributed by atoms with Gasteiger partial charge in [-0.2, -0.15) is 9.37 Å². The number of nitrogens with zero attached hydrogens (tertiary/aromatic N) is 2. The van der Waals surface area contributed by atoms with Crippen LogP contribution < -0.4 is 4.74 Å². The predicted molar refractivity (Wildman–Crippen MR) is 98.3 cm³/mol. The van der Waals surface area contributed by atoms with Crippen LogP contribution >= 0.6 is 15.9 Å². The first kappa shape index (κ1) is 23.0. The summed E-state index contributed by atoms with van der Waals surface area (Å²) in [6.07, 6.45) is -6.16.